The Morgan fingerprint density at radius 3 is 2.60 bits per heavy atom. The van der Waals surface area contributed by atoms with Gasteiger partial charge in [0.25, 0.3) is 0 Å². The summed E-state index contributed by atoms with van der Waals surface area (Å²) in [5.74, 6) is -0.306. The van der Waals surface area contributed by atoms with Gasteiger partial charge in [0.2, 0.25) is 0 Å². The van der Waals surface area contributed by atoms with E-state index in [1.807, 2.05) is 0 Å². The molecule has 1 aromatic carbocycles. The van der Waals surface area contributed by atoms with Gasteiger partial charge in [-0.05, 0) is 30.0 Å². The lowest BCUT2D eigenvalue weighted by Gasteiger charge is -2.25. The summed E-state index contributed by atoms with van der Waals surface area (Å²) in [6.07, 6.45) is 4.83. The van der Waals surface area contributed by atoms with Gasteiger partial charge in [-0.2, -0.15) is 0 Å². The molecule has 0 saturated carbocycles. The van der Waals surface area contributed by atoms with E-state index in [2.05, 4.69) is 26.1 Å². The van der Waals surface area contributed by atoms with E-state index in [1.165, 1.54) is 25.3 Å². The fourth-order valence-corrected chi connectivity index (χ4v) is 2.22. The van der Waals surface area contributed by atoms with Crippen LogP contribution in [0.1, 0.15) is 52.0 Å². The zero-order chi connectivity index (χ0) is 15.2. The lowest BCUT2D eigenvalue weighted by Crippen LogP contribution is -2.23. The van der Waals surface area contributed by atoms with Crippen LogP contribution in [0.3, 0.4) is 0 Å². The summed E-state index contributed by atoms with van der Waals surface area (Å²) in [6.45, 7) is 7.36. The van der Waals surface area contributed by atoms with Crippen LogP contribution < -0.4 is 11.1 Å². The van der Waals surface area contributed by atoms with Crippen molar-refractivity contribution in [3.8, 4) is 0 Å². The summed E-state index contributed by atoms with van der Waals surface area (Å²) < 4.78 is 13.9. The van der Waals surface area contributed by atoms with Crippen LogP contribution in [-0.4, -0.2) is 11.5 Å². The van der Waals surface area contributed by atoms with E-state index in [1.54, 1.807) is 12.1 Å². The Balaban J connectivity index is 2.58. The first-order valence-corrected chi connectivity index (χ1v) is 7.60. The molecule has 0 amide bonds. The van der Waals surface area contributed by atoms with Gasteiger partial charge >= 0.3 is 0 Å². The van der Waals surface area contributed by atoms with Crippen LogP contribution in [0.2, 0.25) is 0 Å². The number of nitrogens with two attached hydrogens (primary N) is 1. The normalized spacial score (nSPS) is 11.4. The van der Waals surface area contributed by atoms with E-state index in [0.717, 1.165) is 13.0 Å². The van der Waals surface area contributed by atoms with Crippen molar-refractivity contribution in [3.05, 3.63) is 29.6 Å². The van der Waals surface area contributed by atoms with E-state index in [0.29, 0.717) is 11.3 Å². The molecule has 1 rings (SSSR count). The molecule has 0 fully saturated rings. The van der Waals surface area contributed by atoms with Gasteiger partial charge in [-0.1, -0.05) is 52.3 Å². The van der Waals surface area contributed by atoms with E-state index < -0.39 is 0 Å². The van der Waals surface area contributed by atoms with Crippen LogP contribution in [0.5, 0.6) is 0 Å². The van der Waals surface area contributed by atoms with Crippen molar-refractivity contribution in [3.63, 3.8) is 0 Å². The molecule has 3 N–H and O–H groups in total. The van der Waals surface area contributed by atoms with Crippen molar-refractivity contribution >= 4 is 22.9 Å². The Hall–Kier alpha value is -1.16. The van der Waals surface area contributed by atoms with E-state index >= 15 is 0 Å². The predicted molar refractivity (Wildman–Crippen MR) is 88.7 cm³/mol. The molecule has 2 nitrogen and oxygen atoms in total. The van der Waals surface area contributed by atoms with Crippen molar-refractivity contribution < 1.29 is 4.39 Å². The van der Waals surface area contributed by atoms with Crippen molar-refractivity contribution in [2.75, 3.05) is 11.9 Å². The minimum atomic E-state index is -0.306. The molecule has 0 aromatic heterocycles. The number of halogens is 1. The van der Waals surface area contributed by atoms with E-state index in [9.17, 15) is 4.39 Å². The van der Waals surface area contributed by atoms with Crippen LogP contribution in [0.4, 0.5) is 10.1 Å². The fraction of sp³-hybridized carbons (Fsp3) is 0.562. The number of benzene rings is 1. The van der Waals surface area contributed by atoms with Crippen molar-refractivity contribution in [1.82, 2.24) is 0 Å². The van der Waals surface area contributed by atoms with E-state index in [-0.39, 0.29) is 16.2 Å². The highest BCUT2D eigenvalue weighted by Crippen LogP contribution is 2.25. The highest BCUT2D eigenvalue weighted by molar-refractivity contribution is 7.80. The third-order valence-corrected chi connectivity index (χ3v) is 3.70. The highest BCUT2D eigenvalue weighted by Gasteiger charge is 2.17. The van der Waals surface area contributed by atoms with Crippen molar-refractivity contribution in [2.24, 2.45) is 11.1 Å². The second-order valence-corrected chi connectivity index (χ2v) is 6.47. The van der Waals surface area contributed by atoms with E-state index in [4.69, 9.17) is 18.0 Å². The van der Waals surface area contributed by atoms with Crippen LogP contribution >= 0.6 is 12.2 Å². The minimum Gasteiger partial charge on any atom is -0.389 e. The van der Waals surface area contributed by atoms with Gasteiger partial charge in [0.15, 0.2) is 0 Å². The lowest BCUT2D eigenvalue weighted by molar-refractivity contribution is 0.342. The molecule has 0 saturated heterocycles. The molecule has 0 unspecified atom stereocenters. The summed E-state index contributed by atoms with van der Waals surface area (Å²) in [4.78, 5) is 0.218. The maximum absolute atomic E-state index is 13.9. The molecule has 20 heavy (non-hydrogen) atoms. The summed E-state index contributed by atoms with van der Waals surface area (Å²) in [5, 5.41) is 3.19. The number of anilines is 1. The molecule has 0 radical (unpaired) electrons. The maximum atomic E-state index is 13.9. The molecule has 0 aliphatic heterocycles. The summed E-state index contributed by atoms with van der Waals surface area (Å²) in [6, 6.07) is 4.83. The minimum absolute atomic E-state index is 0.156. The topological polar surface area (TPSA) is 38.0 Å². The fourth-order valence-electron chi connectivity index (χ4n) is 2.09. The number of nitrogens with one attached hydrogen (secondary N) is 1. The number of hydrogen-bond donors (Lipinski definition) is 2. The van der Waals surface area contributed by atoms with Crippen LogP contribution in [-0.2, 0) is 0 Å². The molecule has 0 heterocycles. The molecular weight excluding hydrogens is 271 g/mol. The number of rotatable bonds is 8. The monoisotopic (exact) mass is 296 g/mol. The maximum Gasteiger partial charge on any atom is 0.146 e. The van der Waals surface area contributed by atoms with Crippen LogP contribution in [0.25, 0.3) is 0 Å². The highest BCUT2D eigenvalue weighted by atomic mass is 32.1. The van der Waals surface area contributed by atoms with Crippen molar-refractivity contribution in [1.29, 1.82) is 0 Å². The molecule has 0 aliphatic rings. The standard InChI is InChI=1S/C16H25FN2S/c1-4-5-6-9-16(2,3)11-19-14-8-7-12(15(18)20)10-13(14)17/h7-8,10,19H,4-6,9,11H2,1-3H3,(H2,18,20). The zero-order valence-corrected chi connectivity index (χ0v) is 13.4. The van der Waals surface area contributed by atoms with Gasteiger partial charge in [0.1, 0.15) is 10.8 Å². The third-order valence-electron chi connectivity index (χ3n) is 3.47. The number of unbranched alkanes of at least 4 members (excludes halogenated alkanes) is 2. The lowest BCUT2D eigenvalue weighted by atomic mass is 9.87. The Bertz CT molecular complexity index is 458. The molecular formula is C16H25FN2S. The van der Waals surface area contributed by atoms with Gasteiger partial charge < -0.3 is 11.1 Å². The molecule has 1 aromatic rings. The van der Waals surface area contributed by atoms with Gasteiger partial charge in [0.05, 0.1) is 5.69 Å². The Morgan fingerprint density at radius 1 is 1.35 bits per heavy atom. The molecule has 0 aliphatic carbocycles. The van der Waals surface area contributed by atoms with Crippen molar-refractivity contribution in [2.45, 2.75) is 46.5 Å². The molecule has 4 heteroatoms. The van der Waals surface area contributed by atoms with Crippen LogP contribution in [0, 0.1) is 11.2 Å². The molecule has 0 spiro atoms. The second kappa shape index (κ2) is 7.58. The summed E-state index contributed by atoms with van der Waals surface area (Å²) in [7, 11) is 0. The SMILES string of the molecule is CCCCCC(C)(C)CNc1ccc(C(N)=S)cc1F. The van der Waals surface area contributed by atoms with Crippen LogP contribution in [0.15, 0.2) is 18.2 Å². The van der Waals surface area contributed by atoms with Gasteiger partial charge in [-0.3, -0.25) is 0 Å². The van der Waals surface area contributed by atoms with Gasteiger partial charge in [0, 0.05) is 12.1 Å². The second-order valence-electron chi connectivity index (χ2n) is 6.03. The quantitative estimate of drug-likeness (QED) is 0.549. The van der Waals surface area contributed by atoms with Gasteiger partial charge in [-0.15, -0.1) is 0 Å². The average molecular weight is 296 g/mol. The Morgan fingerprint density at radius 2 is 2.05 bits per heavy atom. The summed E-state index contributed by atoms with van der Waals surface area (Å²) >= 11 is 4.84. The smallest absolute Gasteiger partial charge is 0.146 e. The largest absolute Gasteiger partial charge is 0.389 e. The zero-order valence-electron chi connectivity index (χ0n) is 12.6. The Kier molecular flexibility index (Phi) is 6.40. The molecule has 0 atom stereocenters. The first kappa shape index (κ1) is 16.9. The van der Waals surface area contributed by atoms with Gasteiger partial charge in [-0.25, -0.2) is 4.39 Å². The number of thiocarbonyl (C=S) groups is 1. The first-order chi connectivity index (χ1) is 9.35. The average Bonchev–Trinajstić information content (AvgIpc) is 2.37. The molecule has 112 valence electrons. The summed E-state index contributed by atoms with van der Waals surface area (Å²) in [5.41, 5.74) is 6.71. The molecule has 0 bridgehead atoms. The predicted octanol–water partition coefficient (Wildman–Crippen LogP) is 4.48. The number of hydrogen-bond acceptors (Lipinski definition) is 2. The third kappa shape index (κ3) is 5.45. The Labute approximate surface area is 126 Å². The first-order valence-electron chi connectivity index (χ1n) is 7.19.